The molecule has 0 spiro atoms. The van der Waals surface area contributed by atoms with Crippen LogP contribution in [0.5, 0.6) is 5.75 Å². The predicted octanol–water partition coefficient (Wildman–Crippen LogP) is 6.30. The Morgan fingerprint density at radius 3 is 2.50 bits per heavy atom. The van der Waals surface area contributed by atoms with E-state index in [-0.39, 0.29) is 11.6 Å². The van der Waals surface area contributed by atoms with Crippen LogP contribution in [0.25, 0.3) is 10.9 Å². The molecule has 1 aromatic heterocycles. The first-order valence-electron chi connectivity index (χ1n) is 10.6. The van der Waals surface area contributed by atoms with E-state index in [2.05, 4.69) is 17.4 Å². The van der Waals surface area contributed by atoms with Crippen molar-refractivity contribution < 1.29 is 14.6 Å². The molecule has 1 heterocycles. The van der Waals surface area contributed by atoms with E-state index in [9.17, 15) is 9.90 Å². The minimum absolute atomic E-state index is 0.135. The fraction of sp³-hybridized carbons (Fsp3) is 0.185. The van der Waals surface area contributed by atoms with Gasteiger partial charge < -0.3 is 15.2 Å². The topological polar surface area (TPSA) is 71.5 Å². The lowest BCUT2D eigenvalue weighted by atomic mass is 9.98. The zero-order valence-corrected chi connectivity index (χ0v) is 18.4. The number of hydrogen-bond acceptors (Lipinski definition) is 4. The molecular formula is C27H26N2O3. The Morgan fingerprint density at radius 2 is 1.75 bits per heavy atom. The number of para-hydroxylation sites is 1. The molecule has 162 valence electrons. The van der Waals surface area contributed by atoms with Crippen LogP contribution in [0.2, 0.25) is 0 Å². The molecule has 5 nitrogen and oxygen atoms in total. The van der Waals surface area contributed by atoms with Crippen molar-refractivity contribution in [1.29, 1.82) is 0 Å². The molecule has 5 heteroatoms. The Bertz CT molecular complexity index is 1270. The van der Waals surface area contributed by atoms with Gasteiger partial charge in [-0.3, -0.25) is 0 Å². The molecule has 4 aromatic rings. The van der Waals surface area contributed by atoms with E-state index in [4.69, 9.17) is 9.72 Å². The number of fused-ring (bicyclic) bond motifs is 1. The van der Waals surface area contributed by atoms with Crippen molar-refractivity contribution in [1.82, 2.24) is 4.98 Å². The highest BCUT2D eigenvalue weighted by atomic mass is 16.5. The molecule has 0 radical (unpaired) electrons. The molecule has 0 bridgehead atoms. The summed E-state index contributed by atoms with van der Waals surface area (Å²) in [6, 6.07) is 23.1. The summed E-state index contributed by atoms with van der Waals surface area (Å²) in [5.74, 6) is -0.215. The fourth-order valence-corrected chi connectivity index (χ4v) is 3.87. The number of carboxylic acid groups (broad SMARTS) is 1. The SMILES string of the molecule is Cc1cc(C(C)Nc2ccccc2C(=O)O)c2cc(OCc3ccccc3)c(C)nc2c1. The van der Waals surface area contributed by atoms with Crippen LogP contribution in [0.4, 0.5) is 5.69 Å². The van der Waals surface area contributed by atoms with E-state index in [0.717, 1.165) is 39.0 Å². The van der Waals surface area contributed by atoms with E-state index in [0.29, 0.717) is 12.3 Å². The minimum Gasteiger partial charge on any atom is -0.487 e. The molecule has 0 saturated carbocycles. The number of benzene rings is 3. The molecule has 1 unspecified atom stereocenters. The van der Waals surface area contributed by atoms with Crippen molar-refractivity contribution >= 4 is 22.6 Å². The second-order valence-electron chi connectivity index (χ2n) is 7.98. The molecular weight excluding hydrogens is 400 g/mol. The zero-order chi connectivity index (χ0) is 22.7. The van der Waals surface area contributed by atoms with Crippen molar-refractivity contribution in [2.24, 2.45) is 0 Å². The molecule has 0 saturated heterocycles. The van der Waals surface area contributed by atoms with Gasteiger partial charge in [0.25, 0.3) is 0 Å². The molecule has 2 N–H and O–H groups in total. The van der Waals surface area contributed by atoms with Gasteiger partial charge in [0.15, 0.2) is 0 Å². The molecule has 0 aliphatic rings. The normalized spacial score (nSPS) is 11.8. The lowest BCUT2D eigenvalue weighted by molar-refractivity contribution is 0.0698. The molecule has 1 atom stereocenters. The summed E-state index contributed by atoms with van der Waals surface area (Å²) in [5, 5.41) is 13.9. The van der Waals surface area contributed by atoms with Crippen LogP contribution in [0.3, 0.4) is 0 Å². The number of aromatic carboxylic acids is 1. The van der Waals surface area contributed by atoms with Crippen molar-refractivity contribution in [3.63, 3.8) is 0 Å². The van der Waals surface area contributed by atoms with Gasteiger partial charge in [-0.15, -0.1) is 0 Å². The minimum atomic E-state index is -0.955. The lowest BCUT2D eigenvalue weighted by Crippen LogP contribution is -2.11. The van der Waals surface area contributed by atoms with Crippen LogP contribution in [0, 0.1) is 13.8 Å². The van der Waals surface area contributed by atoms with Gasteiger partial charge in [-0.1, -0.05) is 48.5 Å². The number of carboxylic acids is 1. The second-order valence-corrected chi connectivity index (χ2v) is 7.98. The number of rotatable bonds is 7. The summed E-state index contributed by atoms with van der Waals surface area (Å²) >= 11 is 0. The summed E-state index contributed by atoms with van der Waals surface area (Å²) in [7, 11) is 0. The summed E-state index contributed by atoms with van der Waals surface area (Å²) in [6.45, 7) is 6.48. The third kappa shape index (κ3) is 4.57. The van der Waals surface area contributed by atoms with Crippen LogP contribution in [-0.2, 0) is 6.61 Å². The van der Waals surface area contributed by atoms with Crippen LogP contribution in [0.1, 0.15) is 45.7 Å². The van der Waals surface area contributed by atoms with Gasteiger partial charge in [0, 0.05) is 17.1 Å². The molecule has 32 heavy (non-hydrogen) atoms. The van der Waals surface area contributed by atoms with Gasteiger partial charge in [-0.05, 0) is 61.7 Å². The van der Waals surface area contributed by atoms with Gasteiger partial charge in [-0.2, -0.15) is 0 Å². The highest BCUT2D eigenvalue weighted by Crippen LogP contribution is 2.32. The third-order valence-electron chi connectivity index (χ3n) is 5.49. The maximum Gasteiger partial charge on any atom is 0.337 e. The van der Waals surface area contributed by atoms with Crippen molar-refractivity contribution in [3.05, 3.63) is 101 Å². The standard InChI is InChI=1S/C27H26N2O3/c1-17-13-22(18(2)28-24-12-8-7-11-21(24)27(30)31)23-15-26(19(3)29-25(23)14-17)32-16-20-9-5-4-6-10-20/h4-15,18,28H,16H2,1-3H3,(H,30,31). The maximum absolute atomic E-state index is 11.6. The van der Waals surface area contributed by atoms with Gasteiger partial charge in [0.05, 0.1) is 16.8 Å². The second kappa shape index (κ2) is 9.10. The first-order valence-corrected chi connectivity index (χ1v) is 10.6. The highest BCUT2D eigenvalue weighted by molar-refractivity contribution is 5.94. The van der Waals surface area contributed by atoms with E-state index < -0.39 is 5.97 Å². The van der Waals surface area contributed by atoms with E-state index in [1.54, 1.807) is 18.2 Å². The van der Waals surface area contributed by atoms with Crippen LogP contribution in [0.15, 0.2) is 72.8 Å². The van der Waals surface area contributed by atoms with E-state index in [1.807, 2.05) is 63.2 Å². The number of hydrogen-bond donors (Lipinski definition) is 2. The Hall–Kier alpha value is -3.86. The van der Waals surface area contributed by atoms with E-state index >= 15 is 0 Å². The number of carbonyl (C=O) groups is 1. The predicted molar refractivity (Wildman–Crippen MR) is 127 cm³/mol. The van der Waals surface area contributed by atoms with Crippen LogP contribution < -0.4 is 10.1 Å². The number of aromatic nitrogens is 1. The van der Waals surface area contributed by atoms with Crippen molar-refractivity contribution in [3.8, 4) is 5.75 Å². The van der Waals surface area contributed by atoms with E-state index in [1.165, 1.54) is 0 Å². The average molecular weight is 427 g/mol. The molecule has 0 fully saturated rings. The monoisotopic (exact) mass is 426 g/mol. The highest BCUT2D eigenvalue weighted by Gasteiger charge is 2.16. The lowest BCUT2D eigenvalue weighted by Gasteiger charge is -2.20. The molecule has 4 rings (SSSR count). The quantitative estimate of drug-likeness (QED) is 0.363. The Kier molecular flexibility index (Phi) is 6.08. The number of pyridine rings is 1. The van der Waals surface area contributed by atoms with Gasteiger partial charge >= 0.3 is 5.97 Å². The summed E-state index contributed by atoms with van der Waals surface area (Å²) in [5.41, 5.74) is 5.79. The van der Waals surface area contributed by atoms with Gasteiger partial charge in [0.1, 0.15) is 12.4 Å². The van der Waals surface area contributed by atoms with Crippen LogP contribution >= 0.6 is 0 Å². The summed E-state index contributed by atoms with van der Waals surface area (Å²) < 4.78 is 6.10. The van der Waals surface area contributed by atoms with Crippen molar-refractivity contribution in [2.45, 2.75) is 33.4 Å². The summed E-state index contributed by atoms with van der Waals surface area (Å²) in [4.78, 5) is 16.4. The number of ether oxygens (including phenoxy) is 1. The molecule has 0 amide bonds. The fourth-order valence-electron chi connectivity index (χ4n) is 3.87. The molecule has 3 aromatic carbocycles. The number of nitrogens with one attached hydrogen (secondary N) is 1. The maximum atomic E-state index is 11.6. The number of anilines is 1. The van der Waals surface area contributed by atoms with Gasteiger partial charge in [0.2, 0.25) is 0 Å². The Balaban J connectivity index is 1.69. The summed E-state index contributed by atoms with van der Waals surface area (Å²) in [6.07, 6.45) is 0. The number of aryl methyl sites for hydroxylation is 2. The average Bonchev–Trinajstić information content (AvgIpc) is 2.78. The molecule has 0 aliphatic heterocycles. The first-order chi connectivity index (χ1) is 15.4. The zero-order valence-electron chi connectivity index (χ0n) is 18.4. The Morgan fingerprint density at radius 1 is 1.03 bits per heavy atom. The largest absolute Gasteiger partial charge is 0.487 e. The van der Waals surface area contributed by atoms with Crippen molar-refractivity contribution in [2.75, 3.05) is 5.32 Å². The number of nitrogens with zero attached hydrogens (tertiary/aromatic N) is 1. The van der Waals surface area contributed by atoms with Gasteiger partial charge in [-0.25, -0.2) is 9.78 Å². The molecule has 0 aliphatic carbocycles. The smallest absolute Gasteiger partial charge is 0.337 e. The third-order valence-corrected chi connectivity index (χ3v) is 5.49. The van der Waals surface area contributed by atoms with Crippen LogP contribution in [-0.4, -0.2) is 16.1 Å². The first kappa shape index (κ1) is 21.4. The Labute approximate surface area is 187 Å².